The molecule has 0 saturated carbocycles. The summed E-state index contributed by atoms with van der Waals surface area (Å²) >= 11 is 5.90. The molecule has 1 aliphatic rings. The van der Waals surface area contributed by atoms with Gasteiger partial charge in [0.05, 0.1) is 0 Å². The standard InChI is InChI=1S/C14H16ClNO2/c1-2-14(17)16-8-6-12(7-9-16)18-13-5-3-4-11(15)10-13/h2-5,10,12H,1,6-9H2. The second-order valence-corrected chi connectivity index (χ2v) is 4.74. The van der Waals surface area contributed by atoms with Crippen LogP contribution in [0, 0.1) is 0 Å². The average molecular weight is 266 g/mol. The first-order valence-corrected chi connectivity index (χ1v) is 6.40. The highest BCUT2D eigenvalue weighted by atomic mass is 35.5. The molecule has 0 aliphatic carbocycles. The Morgan fingerprint density at radius 2 is 2.17 bits per heavy atom. The summed E-state index contributed by atoms with van der Waals surface area (Å²) in [7, 11) is 0. The second kappa shape index (κ2) is 5.91. The van der Waals surface area contributed by atoms with E-state index in [1.807, 2.05) is 24.3 Å². The van der Waals surface area contributed by atoms with Crippen LogP contribution in [0.5, 0.6) is 5.75 Å². The number of carbonyl (C=O) groups excluding carboxylic acids is 1. The van der Waals surface area contributed by atoms with Gasteiger partial charge >= 0.3 is 0 Å². The maximum atomic E-state index is 11.4. The van der Waals surface area contributed by atoms with E-state index in [1.165, 1.54) is 6.08 Å². The van der Waals surface area contributed by atoms with Crippen molar-refractivity contribution in [3.8, 4) is 5.75 Å². The lowest BCUT2D eigenvalue weighted by Gasteiger charge is -2.31. The van der Waals surface area contributed by atoms with Crippen LogP contribution in [0.1, 0.15) is 12.8 Å². The molecule has 1 amide bonds. The van der Waals surface area contributed by atoms with Crippen molar-refractivity contribution in [1.82, 2.24) is 4.90 Å². The topological polar surface area (TPSA) is 29.5 Å². The van der Waals surface area contributed by atoms with Crippen molar-refractivity contribution in [2.45, 2.75) is 18.9 Å². The van der Waals surface area contributed by atoms with E-state index in [-0.39, 0.29) is 12.0 Å². The molecule has 0 N–H and O–H groups in total. The summed E-state index contributed by atoms with van der Waals surface area (Å²) in [6, 6.07) is 7.39. The van der Waals surface area contributed by atoms with Crippen molar-refractivity contribution in [1.29, 1.82) is 0 Å². The molecule has 1 heterocycles. The van der Waals surface area contributed by atoms with Crippen molar-refractivity contribution >= 4 is 17.5 Å². The highest BCUT2D eigenvalue weighted by molar-refractivity contribution is 6.30. The molecular formula is C14H16ClNO2. The van der Waals surface area contributed by atoms with Gasteiger partial charge in [0.2, 0.25) is 5.91 Å². The first-order chi connectivity index (χ1) is 8.69. The average Bonchev–Trinajstić information content (AvgIpc) is 2.39. The van der Waals surface area contributed by atoms with Gasteiger partial charge in [-0.05, 0) is 24.3 Å². The summed E-state index contributed by atoms with van der Waals surface area (Å²) in [4.78, 5) is 13.2. The molecular weight excluding hydrogens is 250 g/mol. The Hall–Kier alpha value is -1.48. The Labute approximate surface area is 112 Å². The van der Waals surface area contributed by atoms with Gasteiger partial charge in [-0.15, -0.1) is 0 Å². The molecule has 1 aliphatic heterocycles. The van der Waals surface area contributed by atoms with Gasteiger partial charge in [0.25, 0.3) is 0 Å². The van der Waals surface area contributed by atoms with Crippen LogP contribution in [0.15, 0.2) is 36.9 Å². The van der Waals surface area contributed by atoms with Crippen LogP contribution in [0.2, 0.25) is 5.02 Å². The first kappa shape index (κ1) is 13.0. The molecule has 3 nitrogen and oxygen atoms in total. The van der Waals surface area contributed by atoms with Crippen LogP contribution in [-0.4, -0.2) is 30.0 Å². The summed E-state index contributed by atoms with van der Waals surface area (Å²) in [5.41, 5.74) is 0. The van der Waals surface area contributed by atoms with Crippen LogP contribution >= 0.6 is 11.6 Å². The highest BCUT2D eigenvalue weighted by Gasteiger charge is 2.22. The van der Waals surface area contributed by atoms with Crippen molar-refractivity contribution in [2.24, 2.45) is 0 Å². The van der Waals surface area contributed by atoms with Gasteiger partial charge in [0.15, 0.2) is 0 Å². The van der Waals surface area contributed by atoms with E-state index in [0.717, 1.165) is 31.7 Å². The quantitative estimate of drug-likeness (QED) is 0.787. The van der Waals surface area contributed by atoms with Crippen LogP contribution in [0.25, 0.3) is 0 Å². The molecule has 1 saturated heterocycles. The molecule has 0 radical (unpaired) electrons. The van der Waals surface area contributed by atoms with Gasteiger partial charge < -0.3 is 9.64 Å². The SMILES string of the molecule is C=CC(=O)N1CCC(Oc2cccc(Cl)c2)CC1. The fourth-order valence-corrected chi connectivity index (χ4v) is 2.24. The Kier molecular flexibility index (Phi) is 4.26. The van der Waals surface area contributed by atoms with Gasteiger partial charge in [-0.1, -0.05) is 24.2 Å². The minimum absolute atomic E-state index is 0.00351. The maximum absolute atomic E-state index is 11.4. The summed E-state index contributed by atoms with van der Waals surface area (Å²) in [5, 5.41) is 0.673. The number of benzene rings is 1. The molecule has 4 heteroatoms. The van der Waals surface area contributed by atoms with E-state index in [0.29, 0.717) is 5.02 Å². The van der Waals surface area contributed by atoms with Crippen LogP contribution in [0.3, 0.4) is 0 Å². The number of likely N-dealkylation sites (tertiary alicyclic amines) is 1. The number of halogens is 1. The molecule has 2 rings (SSSR count). The normalized spacial score (nSPS) is 16.4. The summed E-state index contributed by atoms with van der Waals surface area (Å²) in [5.74, 6) is 0.784. The van der Waals surface area contributed by atoms with Gasteiger partial charge in [-0.25, -0.2) is 0 Å². The van der Waals surface area contributed by atoms with Gasteiger partial charge in [0, 0.05) is 31.0 Å². The molecule has 0 unspecified atom stereocenters. The van der Waals surface area contributed by atoms with Crippen molar-refractivity contribution < 1.29 is 9.53 Å². The Bertz CT molecular complexity index is 439. The lowest BCUT2D eigenvalue weighted by atomic mass is 10.1. The molecule has 0 atom stereocenters. The predicted molar refractivity (Wildman–Crippen MR) is 71.9 cm³/mol. The van der Waals surface area contributed by atoms with E-state index in [9.17, 15) is 4.79 Å². The summed E-state index contributed by atoms with van der Waals surface area (Å²) < 4.78 is 5.85. The third-order valence-electron chi connectivity index (χ3n) is 3.03. The molecule has 96 valence electrons. The third-order valence-corrected chi connectivity index (χ3v) is 3.26. The lowest BCUT2D eigenvalue weighted by Crippen LogP contribution is -2.41. The van der Waals surface area contributed by atoms with Crippen LogP contribution < -0.4 is 4.74 Å². The molecule has 1 aromatic carbocycles. The summed E-state index contributed by atoms with van der Waals surface area (Å²) in [6.07, 6.45) is 3.19. The molecule has 0 bridgehead atoms. The largest absolute Gasteiger partial charge is 0.490 e. The highest BCUT2D eigenvalue weighted by Crippen LogP contribution is 2.22. The molecule has 18 heavy (non-hydrogen) atoms. The lowest BCUT2D eigenvalue weighted by molar-refractivity contribution is -0.127. The van der Waals surface area contributed by atoms with E-state index >= 15 is 0 Å². The number of amides is 1. The van der Waals surface area contributed by atoms with Gasteiger partial charge in [0.1, 0.15) is 11.9 Å². The number of rotatable bonds is 3. The minimum Gasteiger partial charge on any atom is -0.490 e. The zero-order valence-corrected chi connectivity index (χ0v) is 10.9. The first-order valence-electron chi connectivity index (χ1n) is 6.02. The van der Waals surface area contributed by atoms with Crippen LogP contribution in [-0.2, 0) is 4.79 Å². The Morgan fingerprint density at radius 1 is 1.44 bits per heavy atom. The maximum Gasteiger partial charge on any atom is 0.245 e. The van der Waals surface area contributed by atoms with E-state index in [2.05, 4.69) is 6.58 Å². The van der Waals surface area contributed by atoms with Gasteiger partial charge in [-0.2, -0.15) is 0 Å². The van der Waals surface area contributed by atoms with E-state index in [1.54, 1.807) is 4.90 Å². The number of piperidine rings is 1. The van der Waals surface area contributed by atoms with Gasteiger partial charge in [-0.3, -0.25) is 4.79 Å². The number of hydrogen-bond acceptors (Lipinski definition) is 2. The second-order valence-electron chi connectivity index (χ2n) is 4.30. The Morgan fingerprint density at radius 3 is 2.78 bits per heavy atom. The molecule has 0 spiro atoms. The van der Waals surface area contributed by atoms with E-state index in [4.69, 9.17) is 16.3 Å². The predicted octanol–water partition coefficient (Wildman–Crippen LogP) is 2.90. The van der Waals surface area contributed by atoms with Crippen LogP contribution in [0.4, 0.5) is 0 Å². The fourth-order valence-electron chi connectivity index (χ4n) is 2.06. The zero-order valence-electron chi connectivity index (χ0n) is 10.1. The number of nitrogens with zero attached hydrogens (tertiary/aromatic N) is 1. The number of carbonyl (C=O) groups is 1. The monoisotopic (exact) mass is 265 g/mol. The van der Waals surface area contributed by atoms with Crippen molar-refractivity contribution in [2.75, 3.05) is 13.1 Å². The summed E-state index contributed by atoms with van der Waals surface area (Å²) in [6.45, 7) is 4.93. The third kappa shape index (κ3) is 3.26. The van der Waals surface area contributed by atoms with Crippen molar-refractivity contribution in [3.63, 3.8) is 0 Å². The zero-order chi connectivity index (χ0) is 13.0. The number of ether oxygens (including phenoxy) is 1. The smallest absolute Gasteiger partial charge is 0.245 e. The van der Waals surface area contributed by atoms with Crippen molar-refractivity contribution in [3.05, 3.63) is 41.9 Å². The molecule has 0 aromatic heterocycles. The Balaban J connectivity index is 1.87. The minimum atomic E-state index is -0.00351. The molecule has 1 aromatic rings. The fraction of sp³-hybridized carbons (Fsp3) is 0.357. The number of hydrogen-bond donors (Lipinski definition) is 0. The van der Waals surface area contributed by atoms with E-state index < -0.39 is 0 Å². The molecule has 1 fully saturated rings.